The fourth-order valence-electron chi connectivity index (χ4n) is 2.59. The third kappa shape index (κ3) is 5.88. The summed E-state index contributed by atoms with van der Waals surface area (Å²) in [7, 11) is 4.49. The van der Waals surface area contributed by atoms with E-state index in [2.05, 4.69) is 9.97 Å². The molecular weight excluding hydrogens is 436 g/mol. The number of methoxy groups -OCH3 is 3. The van der Waals surface area contributed by atoms with Gasteiger partial charge in [-0.05, 0) is 29.8 Å². The second kappa shape index (κ2) is 11.0. The van der Waals surface area contributed by atoms with Gasteiger partial charge in [-0.2, -0.15) is 0 Å². The Morgan fingerprint density at radius 1 is 1.03 bits per heavy atom. The zero-order chi connectivity index (χ0) is 22.9. The number of hydrogen-bond donors (Lipinski definition) is 0. The number of hydrogen-bond acceptors (Lipinski definition) is 10. The Morgan fingerprint density at radius 3 is 2.31 bits per heavy atom. The van der Waals surface area contributed by atoms with Gasteiger partial charge in [-0.25, -0.2) is 14.8 Å². The molecular formula is C22H20N2O7S. The molecule has 0 aliphatic heterocycles. The minimum Gasteiger partial charge on any atom is -0.493 e. The summed E-state index contributed by atoms with van der Waals surface area (Å²) in [5, 5.41) is 0.558. The van der Waals surface area contributed by atoms with Crippen molar-refractivity contribution < 1.29 is 28.2 Å². The Kier molecular flexibility index (Phi) is 7.87. The highest BCUT2D eigenvalue weighted by molar-refractivity contribution is 7.98. The van der Waals surface area contributed by atoms with Crippen molar-refractivity contribution in [1.29, 1.82) is 0 Å². The first-order valence-electron chi connectivity index (χ1n) is 9.25. The van der Waals surface area contributed by atoms with Crippen LogP contribution in [-0.2, 0) is 10.5 Å². The molecule has 0 atom stereocenters. The monoisotopic (exact) mass is 456 g/mol. The second-order valence-electron chi connectivity index (χ2n) is 6.11. The summed E-state index contributed by atoms with van der Waals surface area (Å²) in [6.07, 6.45) is 7.03. The quantitative estimate of drug-likeness (QED) is 0.206. The molecule has 0 radical (unpaired) electrons. The maximum Gasteiger partial charge on any atom is 0.336 e. The predicted octanol–water partition coefficient (Wildman–Crippen LogP) is 3.37. The summed E-state index contributed by atoms with van der Waals surface area (Å²) in [5.41, 5.74) is 0.134. The molecule has 0 fully saturated rings. The Labute approximate surface area is 188 Å². The van der Waals surface area contributed by atoms with E-state index in [4.69, 9.17) is 23.4 Å². The molecule has 0 spiro atoms. The molecule has 3 rings (SSSR count). The zero-order valence-electron chi connectivity index (χ0n) is 17.6. The van der Waals surface area contributed by atoms with E-state index < -0.39 is 11.4 Å². The van der Waals surface area contributed by atoms with E-state index in [0.29, 0.717) is 39.5 Å². The van der Waals surface area contributed by atoms with Crippen LogP contribution in [0.25, 0.3) is 6.08 Å². The van der Waals surface area contributed by atoms with Crippen LogP contribution in [0.2, 0.25) is 0 Å². The Balaban J connectivity index is 1.66. The van der Waals surface area contributed by atoms with E-state index in [9.17, 15) is 9.59 Å². The smallest absolute Gasteiger partial charge is 0.336 e. The average Bonchev–Trinajstić information content (AvgIpc) is 2.82. The van der Waals surface area contributed by atoms with Crippen LogP contribution in [0.3, 0.4) is 0 Å². The lowest BCUT2D eigenvalue weighted by molar-refractivity contribution is -0.129. The molecule has 0 N–H and O–H groups in total. The van der Waals surface area contributed by atoms with Crippen molar-refractivity contribution in [3.63, 3.8) is 0 Å². The van der Waals surface area contributed by atoms with E-state index in [1.165, 1.54) is 51.3 Å². The summed E-state index contributed by atoms with van der Waals surface area (Å²) in [6.45, 7) is 0. The van der Waals surface area contributed by atoms with E-state index in [1.54, 1.807) is 30.6 Å². The maximum absolute atomic E-state index is 12.2. The topological polar surface area (TPSA) is 110 Å². The number of benzene rings is 1. The lowest BCUT2D eigenvalue weighted by Crippen LogP contribution is -2.12. The number of aromatic nitrogens is 2. The minimum atomic E-state index is -0.745. The molecule has 1 aromatic carbocycles. The third-order valence-corrected chi connectivity index (χ3v) is 4.95. The van der Waals surface area contributed by atoms with Gasteiger partial charge in [0.2, 0.25) is 16.9 Å². The molecule has 32 heavy (non-hydrogen) atoms. The van der Waals surface area contributed by atoms with Gasteiger partial charge in [-0.3, -0.25) is 4.79 Å². The van der Waals surface area contributed by atoms with E-state index in [1.807, 2.05) is 0 Å². The third-order valence-electron chi connectivity index (χ3n) is 4.05. The average molecular weight is 456 g/mol. The number of carbonyl (C=O) groups is 1. The molecule has 0 saturated carbocycles. The van der Waals surface area contributed by atoms with Crippen molar-refractivity contribution >= 4 is 23.8 Å². The van der Waals surface area contributed by atoms with Gasteiger partial charge in [0.25, 0.3) is 0 Å². The first-order chi connectivity index (χ1) is 15.5. The van der Waals surface area contributed by atoms with E-state index in [-0.39, 0.29) is 5.75 Å². The first kappa shape index (κ1) is 22.9. The molecule has 166 valence electrons. The minimum absolute atomic E-state index is 0.214. The number of esters is 1. The molecule has 0 aliphatic carbocycles. The van der Waals surface area contributed by atoms with E-state index in [0.717, 1.165) is 6.26 Å². The summed E-state index contributed by atoms with van der Waals surface area (Å²) < 4.78 is 26.3. The lowest BCUT2D eigenvalue weighted by atomic mass is 10.1. The predicted molar refractivity (Wildman–Crippen MR) is 117 cm³/mol. The van der Waals surface area contributed by atoms with E-state index >= 15 is 0 Å². The Hall–Kier alpha value is -3.79. The molecule has 2 aromatic heterocycles. The largest absolute Gasteiger partial charge is 0.493 e. The normalized spacial score (nSPS) is 10.7. The molecule has 0 bridgehead atoms. The van der Waals surface area contributed by atoms with Gasteiger partial charge in [0.05, 0.1) is 27.1 Å². The SMILES string of the molecule is COc1cc(C=CC(=O)Oc2coc(CSc3ncccn3)cc2=O)cc(OC)c1OC. The van der Waals surface area contributed by atoms with Crippen molar-refractivity contribution in [1.82, 2.24) is 9.97 Å². The number of thioether (sulfide) groups is 1. The fraction of sp³-hybridized carbons (Fsp3) is 0.182. The summed E-state index contributed by atoms with van der Waals surface area (Å²) in [4.78, 5) is 32.6. The van der Waals surface area contributed by atoms with Crippen LogP contribution in [0.15, 0.2) is 63.4 Å². The van der Waals surface area contributed by atoms with Crippen LogP contribution in [0.5, 0.6) is 23.0 Å². The Morgan fingerprint density at radius 2 is 1.72 bits per heavy atom. The highest BCUT2D eigenvalue weighted by Gasteiger charge is 2.13. The number of rotatable bonds is 9. The van der Waals surface area contributed by atoms with Gasteiger partial charge in [0, 0.05) is 24.5 Å². The first-order valence-corrected chi connectivity index (χ1v) is 10.2. The van der Waals surface area contributed by atoms with Crippen LogP contribution in [0, 0.1) is 0 Å². The van der Waals surface area contributed by atoms with Crippen molar-refractivity contribution in [2.45, 2.75) is 10.9 Å². The maximum atomic E-state index is 12.2. The van der Waals surface area contributed by atoms with Crippen molar-refractivity contribution in [2.75, 3.05) is 21.3 Å². The highest BCUT2D eigenvalue weighted by Crippen LogP contribution is 2.38. The van der Waals surface area contributed by atoms with Crippen LogP contribution in [0.4, 0.5) is 0 Å². The summed E-state index contributed by atoms with van der Waals surface area (Å²) in [6, 6.07) is 6.32. The number of ether oxygens (including phenoxy) is 4. The van der Waals surface area contributed by atoms with Gasteiger partial charge in [-0.1, -0.05) is 11.8 Å². The van der Waals surface area contributed by atoms with Crippen LogP contribution < -0.4 is 24.4 Å². The molecule has 0 amide bonds. The van der Waals surface area contributed by atoms with Gasteiger partial charge >= 0.3 is 5.97 Å². The molecule has 2 heterocycles. The zero-order valence-corrected chi connectivity index (χ0v) is 18.4. The summed E-state index contributed by atoms with van der Waals surface area (Å²) >= 11 is 1.31. The Bertz CT molecular complexity index is 1140. The van der Waals surface area contributed by atoms with Crippen LogP contribution >= 0.6 is 11.8 Å². The molecule has 0 saturated heterocycles. The molecule has 10 heteroatoms. The molecule has 3 aromatic rings. The number of carbonyl (C=O) groups excluding carboxylic acids is 1. The van der Waals surface area contributed by atoms with Gasteiger partial charge in [-0.15, -0.1) is 0 Å². The number of nitrogens with zero attached hydrogens (tertiary/aromatic N) is 2. The van der Waals surface area contributed by atoms with Crippen LogP contribution in [-0.4, -0.2) is 37.3 Å². The van der Waals surface area contributed by atoms with Gasteiger partial charge in [0.1, 0.15) is 12.0 Å². The highest BCUT2D eigenvalue weighted by atomic mass is 32.2. The van der Waals surface area contributed by atoms with Crippen molar-refractivity contribution in [2.24, 2.45) is 0 Å². The lowest BCUT2D eigenvalue weighted by Gasteiger charge is -2.12. The molecule has 0 aliphatic rings. The molecule has 0 unspecified atom stereocenters. The molecule has 9 nitrogen and oxygen atoms in total. The van der Waals surface area contributed by atoms with Crippen molar-refractivity contribution in [3.8, 4) is 23.0 Å². The summed E-state index contributed by atoms with van der Waals surface area (Å²) in [5.74, 6) is 1.11. The fourth-order valence-corrected chi connectivity index (χ4v) is 3.28. The van der Waals surface area contributed by atoms with Gasteiger partial charge < -0.3 is 23.4 Å². The van der Waals surface area contributed by atoms with Crippen LogP contribution in [0.1, 0.15) is 11.3 Å². The van der Waals surface area contributed by atoms with Gasteiger partial charge in [0.15, 0.2) is 16.7 Å². The second-order valence-corrected chi connectivity index (χ2v) is 7.05. The standard InChI is InChI=1S/C22H20N2O7S/c1-27-17-9-14(10-18(28-2)21(17)29-3)5-6-20(26)31-19-12-30-15(11-16(19)25)13-32-22-23-7-4-8-24-22/h4-12H,13H2,1-3H3. The van der Waals surface area contributed by atoms with Crippen molar-refractivity contribution in [3.05, 3.63) is 70.5 Å².